The second-order valence-electron chi connectivity index (χ2n) is 5.24. The van der Waals surface area contributed by atoms with Gasteiger partial charge in [0.15, 0.2) is 5.69 Å². The van der Waals surface area contributed by atoms with Crippen LogP contribution in [0.3, 0.4) is 0 Å². The van der Waals surface area contributed by atoms with Gasteiger partial charge in [-0.2, -0.15) is 18.3 Å². The van der Waals surface area contributed by atoms with Gasteiger partial charge in [-0.25, -0.2) is 4.68 Å². The molecular weight excluding hydrogens is 345 g/mol. The van der Waals surface area contributed by atoms with Crippen molar-refractivity contribution in [3.8, 4) is 5.69 Å². The molecule has 5 nitrogen and oxygen atoms in total. The Morgan fingerprint density at radius 3 is 2.71 bits per heavy atom. The maximum Gasteiger partial charge on any atom is 0.416 e. The van der Waals surface area contributed by atoms with Gasteiger partial charge in [-0.05, 0) is 36.7 Å². The van der Waals surface area contributed by atoms with Crippen molar-refractivity contribution in [2.45, 2.75) is 13.1 Å². The van der Waals surface area contributed by atoms with E-state index in [2.05, 4.69) is 10.4 Å². The molecule has 1 unspecified atom stereocenters. The van der Waals surface area contributed by atoms with Gasteiger partial charge in [0.2, 0.25) is 0 Å². The largest absolute Gasteiger partial charge is 0.416 e. The van der Waals surface area contributed by atoms with Crippen LogP contribution in [0.2, 0.25) is 0 Å². The standard InChI is InChI=1S/C15H17F3N4O.ClH/c1-10(8-19)9-20-14(23)13-5-6-22(21-13)12-4-2-3-11(7-12)15(16,17)18;/h2-7,10H,8-9,19H2,1H3,(H,20,23);1H. The van der Waals surface area contributed by atoms with E-state index in [4.69, 9.17) is 5.73 Å². The molecule has 132 valence electrons. The van der Waals surface area contributed by atoms with Crippen molar-refractivity contribution in [2.75, 3.05) is 13.1 Å². The highest BCUT2D eigenvalue weighted by molar-refractivity contribution is 5.92. The van der Waals surface area contributed by atoms with Crippen LogP contribution in [0.5, 0.6) is 0 Å². The van der Waals surface area contributed by atoms with Crippen molar-refractivity contribution in [1.29, 1.82) is 0 Å². The minimum atomic E-state index is -4.43. The molecular formula is C15H18ClF3N4O. The number of nitrogens with two attached hydrogens (primary N) is 1. The average Bonchev–Trinajstić information content (AvgIpc) is 3.01. The fraction of sp³-hybridized carbons (Fsp3) is 0.333. The van der Waals surface area contributed by atoms with E-state index >= 15 is 0 Å². The molecule has 0 radical (unpaired) electrons. The first-order chi connectivity index (χ1) is 10.8. The predicted molar refractivity (Wildman–Crippen MR) is 86.4 cm³/mol. The molecule has 0 aliphatic carbocycles. The molecule has 0 spiro atoms. The maximum absolute atomic E-state index is 12.7. The van der Waals surface area contributed by atoms with Gasteiger partial charge in [-0.1, -0.05) is 13.0 Å². The summed E-state index contributed by atoms with van der Waals surface area (Å²) >= 11 is 0. The minimum absolute atomic E-state index is 0. The number of rotatable bonds is 5. The first-order valence-electron chi connectivity index (χ1n) is 7.03. The number of hydrogen-bond donors (Lipinski definition) is 2. The molecule has 0 bridgehead atoms. The van der Waals surface area contributed by atoms with Gasteiger partial charge in [0.25, 0.3) is 5.91 Å². The molecule has 1 amide bonds. The van der Waals surface area contributed by atoms with Crippen LogP contribution >= 0.6 is 12.4 Å². The Morgan fingerprint density at radius 2 is 2.08 bits per heavy atom. The topological polar surface area (TPSA) is 72.9 Å². The first kappa shape index (κ1) is 20.0. The van der Waals surface area contributed by atoms with Crippen molar-refractivity contribution in [3.63, 3.8) is 0 Å². The predicted octanol–water partition coefficient (Wildman–Crippen LogP) is 2.64. The molecule has 0 aliphatic heterocycles. The zero-order valence-electron chi connectivity index (χ0n) is 12.9. The van der Waals surface area contributed by atoms with E-state index < -0.39 is 17.6 Å². The van der Waals surface area contributed by atoms with Crippen LogP contribution in [0.4, 0.5) is 13.2 Å². The summed E-state index contributed by atoms with van der Waals surface area (Å²) in [6.07, 6.45) is -2.99. The third-order valence-electron chi connectivity index (χ3n) is 3.27. The minimum Gasteiger partial charge on any atom is -0.350 e. The summed E-state index contributed by atoms with van der Waals surface area (Å²) in [5, 5.41) is 6.69. The van der Waals surface area contributed by atoms with Gasteiger partial charge in [-0.3, -0.25) is 4.79 Å². The SMILES string of the molecule is CC(CN)CNC(=O)c1ccn(-c2cccc(C(F)(F)F)c2)n1.Cl. The summed E-state index contributed by atoms with van der Waals surface area (Å²) in [7, 11) is 0. The number of aromatic nitrogens is 2. The van der Waals surface area contributed by atoms with E-state index in [1.807, 2.05) is 6.92 Å². The summed E-state index contributed by atoms with van der Waals surface area (Å²) in [5.41, 5.74) is 5.06. The van der Waals surface area contributed by atoms with Crippen molar-refractivity contribution in [2.24, 2.45) is 11.7 Å². The lowest BCUT2D eigenvalue weighted by Gasteiger charge is -2.09. The van der Waals surface area contributed by atoms with E-state index in [0.717, 1.165) is 12.1 Å². The average molecular weight is 363 g/mol. The second-order valence-corrected chi connectivity index (χ2v) is 5.24. The number of carbonyl (C=O) groups excluding carboxylic acids is 1. The highest BCUT2D eigenvalue weighted by Gasteiger charge is 2.30. The van der Waals surface area contributed by atoms with Crippen molar-refractivity contribution in [1.82, 2.24) is 15.1 Å². The van der Waals surface area contributed by atoms with Gasteiger partial charge in [0.05, 0.1) is 11.3 Å². The Morgan fingerprint density at radius 1 is 1.38 bits per heavy atom. The number of amides is 1. The van der Waals surface area contributed by atoms with Crippen LogP contribution < -0.4 is 11.1 Å². The van der Waals surface area contributed by atoms with E-state index in [-0.39, 0.29) is 29.7 Å². The van der Waals surface area contributed by atoms with Crippen LogP contribution in [-0.4, -0.2) is 28.8 Å². The lowest BCUT2D eigenvalue weighted by atomic mass is 10.2. The Hall–Kier alpha value is -2.06. The summed E-state index contributed by atoms with van der Waals surface area (Å²) in [6, 6.07) is 6.19. The number of carbonyl (C=O) groups is 1. The molecule has 1 heterocycles. The Balaban J connectivity index is 0.00000288. The zero-order valence-corrected chi connectivity index (χ0v) is 13.7. The third-order valence-corrected chi connectivity index (χ3v) is 3.27. The van der Waals surface area contributed by atoms with Crippen LogP contribution in [0.25, 0.3) is 5.69 Å². The molecule has 2 rings (SSSR count). The van der Waals surface area contributed by atoms with Gasteiger partial charge >= 0.3 is 6.18 Å². The second kappa shape index (κ2) is 8.16. The van der Waals surface area contributed by atoms with Crippen molar-refractivity contribution >= 4 is 18.3 Å². The summed E-state index contributed by atoms with van der Waals surface area (Å²) < 4.78 is 39.4. The summed E-state index contributed by atoms with van der Waals surface area (Å²) in [6.45, 7) is 2.74. The molecule has 1 atom stereocenters. The van der Waals surface area contributed by atoms with Crippen molar-refractivity contribution in [3.05, 3.63) is 47.8 Å². The highest BCUT2D eigenvalue weighted by atomic mass is 35.5. The monoisotopic (exact) mass is 362 g/mol. The van der Waals surface area contributed by atoms with E-state index in [1.54, 1.807) is 0 Å². The molecule has 0 saturated carbocycles. The Labute approximate surface area is 143 Å². The number of hydrogen-bond acceptors (Lipinski definition) is 3. The highest BCUT2D eigenvalue weighted by Crippen LogP contribution is 2.30. The number of benzene rings is 1. The Kier molecular flexibility index (Phi) is 6.80. The van der Waals surface area contributed by atoms with Crippen LogP contribution in [0.1, 0.15) is 23.0 Å². The Bertz CT molecular complexity index is 687. The fourth-order valence-corrected chi connectivity index (χ4v) is 1.85. The first-order valence-corrected chi connectivity index (χ1v) is 7.03. The third kappa shape index (κ3) is 4.97. The maximum atomic E-state index is 12.7. The number of nitrogens with zero attached hydrogens (tertiary/aromatic N) is 2. The van der Waals surface area contributed by atoms with E-state index in [9.17, 15) is 18.0 Å². The number of nitrogens with one attached hydrogen (secondary N) is 1. The van der Waals surface area contributed by atoms with Gasteiger partial charge in [0, 0.05) is 12.7 Å². The smallest absolute Gasteiger partial charge is 0.350 e. The van der Waals surface area contributed by atoms with Gasteiger partial charge in [0.1, 0.15) is 0 Å². The van der Waals surface area contributed by atoms with Crippen LogP contribution in [-0.2, 0) is 6.18 Å². The molecule has 1 aromatic heterocycles. The lowest BCUT2D eigenvalue weighted by molar-refractivity contribution is -0.137. The lowest BCUT2D eigenvalue weighted by Crippen LogP contribution is -2.31. The summed E-state index contributed by atoms with van der Waals surface area (Å²) in [4.78, 5) is 11.9. The summed E-state index contributed by atoms with van der Waals surface area (Å²) in [5.74, 6) is -0.263. The van der Waals surface area contributed by atoms with Gasteiger partial charge in [-0.15, -0.1) is 12.4 Å². The van der Waals surface area contributed by atoms with E-state index in [1.165, 1.54) is 29.1 Å². The molecule has 24 heavy (non-hydrogen) atoms. The zero-order chi connectivity index (χ0) is 17.0. The fourth-order valence-electron chi connectivity index (χ4n) is 1.85. The molecule has 0 fully saturated rings. The molecule has 1 aromatic carbocycles. The van der Waals surface area contributed by atoms with Crippen molar-refractivity contribution < 1.29 is 18.0 Å². The molecule has 3 N–H and O–H groups in total. The molecule has 0 saturated heterocycles. The number of halogens is 4. The molecule has 0 aliphatic rings. The van der Waals surface area contributed by atoms with E-state index in [0.29, 0.717) is 13.1 Å². The molecule has 2 aromatic rings. The van der Waals surface area contributed by atoms with Gasteiger partial charge < -0.3 is 11.1 Å². The molecule has 9 heteroatoms. The normalized spacial score (nSPS) is 12.4. The quantitative estimate of drug-likeness (QED) is 0.858. The van der Waals surface area contributed by atoms with Crippen LogP contribution in [0, 0.1) is 5.92 Å². The number of alkyl halides is 3. The van der Waals surface area contributed by atoms with Crippen LogP contribution in [0.15, 0.2) is 36.5 Å².